The molecule has 198 valence electrons. The number of sulfonamides is 1. The zero-order chi connectivity index (χ0) is 26.2. The zero-order valence-corrected chi connectivity index (χ0v) is 23.2. The van der Waals surface area contributed by atoms with Crippen molar-refractivity contribution < 1.29 is 22.7 Å². The molecule has 0 radical (unpaired) electrons. The number of nitrogens with one attached hydrogen (secondary N) is 1. The average Bonchev–Trinajstić information content (AvgIpc) is 2.78. The van der Waals surface area contributed by atoms with Crippen molar-refractivity contribution in [3.8, 4) is 0 Å². The van der Waals surface area contributed by atoms with Gasteiger partial charge in [0.05, 0.1) is 10.0 Å². The van der Waals surface area contributed by atoms with Crippen molar-refractivity contribution in [1.82, 2.24) is 19.4 Å². The SMILES string of the molecule is CN(CCC(=O)NCCCCN1CCN(C(=O)OC(C)(C)C)CC1)S(=O)(=O)c1cccc(Cl)c1Cl. The summed E-state index contributed by atoms with van der Waals surface area (Å²) in [6.45, 7) is 9.88. The van der Waals surface area contributed by atoms with E-state index in [1.165, 1.54) is 25.2 Å². The van der Waals surface area contributed by atoms with E-state index in [0.29, 0.717) is 19.6 Å². The monoisotopic (exact) mass is 550 g/mol. The summed E-state index contributed by atoms with van der Waals surface area (Å²) in [7, 11) is -2.44. The fourth-order valence-electron chi connectivity index (χ4n) is 3.49. The van der Waals surface area contributed by atoms with Crippen LogP contribution in [-0.2, 0) is 19.6 Å². The van der Waals surface area contributed by atoms with Crippen LogP contribution >= 0.6 is 23.2 Å². The van der Waals surface area contributed by atoms with Crippen LogP contribution in [0.25, 0.3) is 0 Å². The minimum absolute atomic E-state index is 0.0267. The molecule has 0 bridgehead atoms. The number of hydrogen-bond donors (Lipinski definition) is 1. The minimum atomic E-state index is -3.85. The largest absolute Gasteiger partial charge is 0.444 e. The third kappa shape index (κ3) is 9.42. The molecule has 0 aliphatic carbocycles. The number of rotatable bonds is 10. The highest BCUT2D eigenvalue weighted by molar-refractivity contribution is 7.89. The third-order valence-electron chi connectivity index (χ3n) is 5.51. The molecule has 1 heterocycles. The van der Waals surface area contributed by atoms with E-state index in [0.717, 1.165) is 36.8 Å². The van der Waals surface area contributed by atoms with Crippen LogP contribution in [-0.4, -0.2) is 93.0 Å². The standard InChI is InChI=1S/C23H36Cl2N4O5S/c1-23(2,3)34-22(31)29-16-14-28(15-17-29)12-6-5-11-26-20(30)10-13-27(4)35(32,33)19-9-7-8-18(24)21(19)25/h7-9H,5-6,10-17H2,1-4H3,(H,26,30). The highest BCUT2D eigenvalue weighted by Crippen LogP contribution is 2.30. The van der Waals surface area contributed by atoms with Crippen LogP contribution in [0.3, 0.4) is 0 Å². The summed E-state index contributed by atoms with van der Waals surface area (Å²) in [6, 6.07) is 4.42. The lowest BCUT2D eigenvalue weighted by atomic mass is 10.2. The molecular formula is C23H36Cl2N4O5S. The van der Waals surface area contributed by atoms with Crippen molar-refractivity contribution in [1.29, 1.82) is 0 Å². The Balaban J connectivity index is 1.62. The highest BCUT2D eigenvalue weighted by atomic mass is 35.5. The van der Waals surface area contributed by atoms with Crippen LogP contribution in [0, 0.1) is 0 Å². The molecule has 0 atom stereocenters. The van der Waals surface area contributed by atoms with Gasteiger partial charge in [-0.1, -0.05) is 29.3 Å². The van der Waals surface area contributed by atoms with Crippen molar-refractivity contribution in [3.05, 3.63) is 28.2 Å². The number of ether oxygens (including phenoxy) is 1. The first kappa shape index (κ1) is 29.6. The summed E-state index contributed by atoms with van der Waals surface area (Å²) in [5.74, 6) is -0.213. The topological polar surface area (TPSA) is 99.3 Å². The lowest BCUT2D eigenvalue weighted by Gasteiger charge is -2.35. The van der Waals surface area contributed by atoms with E-state index in [1.807, 2.05) is 20.8 Å². The quantitative estimate of drug-likeness (QED) is 0.448. The predicted octanol–water partition coefficient (Wildman–Crippen LogP) is 3.45. The molecule has 0 unspecified atom stereocenters. The van der Waals surface area contributed by atoms with Gasteiger partial charge >= 0.3 is 6.09 Å². The Morgan fingerprint density at radius 3 is 2.40 bits per heavy atom. The molecule has 1 fully saturated rings. The van der Waals surface area contributed by atoms with Crippen molar-refractivity contribution >= 4 is 45.2 Å². The van der Waals surface area contributed by atoms with E-state index in [9.17, 15) is 18.0 Å². The number of hydrogen-bond acceptors (Lipinski definition) is 6. The normalized spacial score (nSPS) is 15.3. The first-order valence-electron chi connectivity index (χ1n) is 11.7. The lowest BCUT2D eigenvalue weighted by molar-refractivity contribution is -0.121. The Morgan fingerprint density at radius 1 is 1.11 bits per heavy atom. The van der Waals surface area contributed by atoms with Crippen molar-refractivity contribution in [2.45, 2.75) is 50.5 Å². The van der Waals surface area contributed by atoms with E-state index in [-0.39, 0.29) is 39.9 Å². The number of nitrogens with zero attached hydrogens (tertiary/aromatic N) is 3. The fraction of sp³-hybridized carbons (Fsp3) is 0.652. The highest BCUT2D eigenvalue weighted by Gasteiger charge is 2.26. The van der Waals surface area contributed by atoms with Gasteiger partial charge in [0.15, 0.2) is 0 Å². The average molecular weight is 552 g/mol. The molecule has 0 saturated carbocycles. The van der Waals surface area contributed by atoms with Gasteiger partial charge in [-0.25, -0.2) is 17.5 Å². The van der Waals surface area contributed by atoms with E-state index >= 15 is 0 Å². The number of benzene rings is 1. The molecular weight excluding hydrogens is 515 g/mol. The second-order valence-corrected chi connectivity index (χ2v) is 12.3. The number of carbonyl (C=O) groups excluding carboxylic acids is 2. The maximum Gasteiger partial charge on any atom is 0.410 e. The Bertz CT molecular complexity index is 977. The summed E-state index contributed by atoms with van der Waals surface area (Å²) in [5.41, 5.74) is -0.494. The molecule has 1 aromatic rings. The summed E-state index contributed by atoms with van der Waals surface area (Å²) >= 11 is 12.0. The molecule has 1 aliphatic rings. The summed E-state index contributed by atoms with van der Waals surface area (Å²) < 4.78 is 31.9. The van der Waals surface area contributed by atoms with Gasteiger partial charge in [-0.15, -0.1) is 0 Å². The number of piperazine rings is 1. The summed E-state index contributed by atoms with van der Waals surface area (Å²) in [5, 5.41) is 2.96. The number of unbranched alkanes of at least 4 members (excludes halogenated alkanes) is 1. The van der Waals surface area contributed by atoms with Gasteiger partial charge in [0.25, 0.3) is 0 Å². The number of carbonyl (C=O) groups is 2. The van der Waals surface area contributed by atoms with Crippen LogP contribution < -0.4 is 5.32 Å². The Labute approximate surface area is 218 Å². The fourth-order valence-corrected chi connectivity index (χ4v) is 5.39. The Kier molecular flexibility index (Phi) is 11.1. The molecule has 2 rings (SSSR count). The lowest BCUT2D eigenvalue weighted by Crippen LogP contribution is -2.50. The van der Waals surface area contributed by atoms with Gasteiger partial charge in [0, 0.05) is 52.7 Å². The number of halogens is 2. The molecule has 1 aliphatic heterocycles. The molecule has 35 heavy (non-hydrogen) atoms. The van der Waals surface area contributed by atoms with Crippen LogP contribution in [0.2, 0.25) is 10.0 Å². The molecule has 0 aromatic heterocycles. The van der Waals surface area contributed by atoms with Crippen molar-refractivity contribution in [2.75, 3.05) is 52.9 Å². The van der Waals surface area contributed by atoms with Crippen LogP contribution in [0.4, 0.5) is 4.79 Å². The minimum Gasteiger partial charge on any atom is -0.444 e. The first-order chi connectivity index (χ1) is 16.3. The Morgan fingerprint density at radius 2 is 1.77 bits per heavy atom. The molecule has 1 N–H and O–H groups in total. The van der Waals surface area contributed by atoms with Gasteiger partial charge in [-0.05, 0) is 52.3 Å². The van der Waals surface area contributed by atoms with Crippen LogP contribution in [0.1, 0.15) is 40.0 Å². The first-order valence-corrected chi connectivity index (χ1v) is 13.9. The molecule has 12 heteroatoms. The van der Waals surface area contributed by atoms with E-state index in [2.05, 4.69) is 10.2 Å². The van der Waals surface area contributed by atoms with E-state index in [1.54, 1.807) is 4.90 Å². The van der Waals surface area contributed by atoms with Crippen molar-refractivity contribution in [2.24, 2.45) is 0 Å². The maximum atomic E-state index is 12.7. The molecule has 1 aromatic carbocycles. The van der Waals surface area contributed by atoms with Gasteiger partial charge in [0.1, 0.15) is 10.5 Å². The van der Waals surface area contributed by atoms with Gasteiger partial charge < -0.3 is 15.0 Å². The zero-order valence-electron chi connectivity index (χ0n) is 20.9. The maximum absolute atomic E-state index is 12.7. The van der Waals surface area contributed by atoms with Crippen LogP contribution in [0.5, 0.6) is 0 Å². The predicted molar refractivity (Wildman–Crippen MR) is 137 cm³/mol. The second-order valence-electron chi connectivity index (χ2n) is 9.49. The van der Waals surface area contributed by atoms with Crippen molar-refractivity contribution in [3.63, 3.8) is 0 Å². The van der Waals surface area contributed by atoms with Gasteiger partial charge in [0.2, 0.25) is 15.9 Å². The molecule has 9 nitrogen and oxygen atoms in total. The number of amides is 2. The summed E-state index contributed by atoms with van der Waals surface area (Å²) in [6.07, 6.45) is 1.49. The van der Waals surface area contributed by atoms with Gasteiger partial charge in [-0.3, -0.25) is 9.69 Å². The van der Waals surface area contributed by atoms with Crippen LogP contribution in [0.15, 0.2) is 23.1 Å². The molecule has 0 spiro atoms. The van der Waals surface area contributed by atoms with E-state index < -0.39 is 15.6 Å². The third-order valence-corrected chi connectivity index (χ3v) is 8.34. The van der Waals surface area contributed by atoms with E-state index in [4.69, 9.17) is 27.9 Å². The smallest absolute Gasteiger partial charge is 0.410 e. The van der Waals surface area contributed by atoms with Gasteiger partial charge in [-0.2, -0.15) is 0 Å². The Hall–Kier alpha value is -1.59. The molecule has 2 amide bonds. The second kappa shape index (κ2) is 13.1. The molecule has 1 saturated heterocycles. The summed E-state index contributed by atoms with van der Waals surface area (Å²) in [4.78, 5) is 28.2.